The Kier molecular flexibility index (Phi) is 3.59. The fourth-order valence-corrected chi connectivity index (χ4v) is 3.24. The molecule has 0 fully saturated rings. The van der Waals surface area contributed by atoms with Crippen molar-refractivity contribution in [1.82, 2.24) is 9.55 Å². The van der Waals surface area contributed by atoms with Gasteiger partial charge in [0.2, 0.25) is 0 Å². The maximum Gasteiger partial charge on any atom is 0.262 e. The van der Waals surface area contributed by atoms with Crippen molar-refractivity contribution in [2.45, 2.75) is 19.9 Å². The summed E-state index contributed by atoms with van der Waals surface area (Å²) in [6, 6.07) is 7.53. The summed E-state index contributed by atoms with van der Waals surface area (Å²) in [5.74, 6) is 0. The van der Waals surface area contributed by atoms with E-state index in [2.05, 4.69) is 4.98 Å². The van der Waals surface area contributed by atoms with Crippen LogP contribution in [-0.2, 0) is 6.54 Å². The number of halogens is 1. The summed E-state index contributed by atoms with van der Waals surface area (Å²) >= 11 is 7.41. The van der Waals surface area contributed by atoms with Crippen LogP contribution >= 0.6 is 22.9 Å². The molecule has 0 saturated heterocycles. The lowest BCUT2D eigenvalue weighted by atomic mass is 10.1. The number of aryl methyl sites for hydroxylation is 1. The first-order chi connectivity index (χ1) is 9.70. The van der Waals surface area contributed by atoms with Crippen molar-refractivity contribution in [3.8, 4) is 11.1 Å². The molecule has 0 bridgehead atoms. The number of aromatic nitrogens is 2. The summed E-state index contributed by atoms with van der Waals surface area (Å²) in [5, 5.41) is 3.38. The molecule has 2 aromatic heterocycles. The van der Waals surface area contributed by atoms with Crippen molar-refractivity contribution < 1.29 is 0 Å². The van der Waals surface area contributed by atoms with Crippen LogP contribution in [0.2, 0.25) is 5.02 Å². The third-order valence-electron chi connectivity index (χ3n) is 3.18. The highest BCUT2D eigenvalue weighted by Gasteiger charge is 2.12. The second-order valence-electron chi connectivity index (χ2n) is 4.58. The van der Waals surface area contributed by atoms with Gasteiger partial charge in [0.15, 0.2) is 0 Å². The van der Waals surface area contributed by atoms with Gasteiger partial charge in [0.05, 0.1) is 11.7 Å². The van der Waals surface area contributed by atoms with E-state index >= 15 is 0 Å². The van der Waals surface area contributed by atoms with Crippen LogP contribution in [-0.4, -0.2) is 9.55 Å². The highest BCUT2D eigenvalue weighted by Crippen LogP contribution is 2.31. The van der Waals surface area contributed by atoms with Gasteiger partial charge in [-0.2, -0.15) is 0 Å². The average Bonchev–Trinajstić information content (AvgIpc) is 2.88. The van der Waals surface area contributed by atoms with Gasteiger partial charge >= 0.3 is 0 Å². The number of hydrogen-bond donors (Lipinski definition) is 0. The minimum Gasteiger partial charge on any atom is -0.299 e. The fraction of sp³-hybridized carbons (Fsp3) is 0.200. The molecular weight excluding hydrogens is 292 g/mol. The minimum atomic E-state index is 0.0306. The third-order valence-corrected chi connectivity index (χ3v) is 4.32. The molecule has 3 nitrogen and oxygen atoms in total. The molecule has 0 unspecified atom stereocenters. The van der Waals surface area contributed by atoms with Gasteiger partial charge in [0.1, 0.15) is 4.83 Å². The Morgan fingerprint density at radius 1 is 1.30 bits per heavy atom. The first-order valence-corrected chi connectivity index (χ1v) is 7.69. The largest absolute Gasteiger partial charge is 0.299 e. The van der Waals surface area contributed by atoms with Crippen molar-refractivity contribution in [1.29, 1.82) is 0 Å². The molecule has 20 heavy (non-hydrogen) atoms. The van der Waals surface area contributed by atoms with Gasteiger partial charge in [-0.05, 0) is 24.1 Å². The maximum absolute atomic E-state index is 12.5. The number of benzene rings is 1. The second-order valence-corrected chi connectivity index (χ2v) is 5.87. The molecule has 3 rings (SSSR count). The smallest absolute Gasteiger partial charge is 0.262 e. The van der Waals surface area contributed by atoms with Crippen LogP contribution in [0.5, 0.6) is 0 Å². The number of nitrogens with zero attached hydrogens (tertiary/aromatic N) is 2. The standard InChI is InChI=1S/C15H13ClN2OS/c1-2-7-18-9-17-14-13(15(18)19)12(8-20-14)10-3-5-11(16)6-4-10/h3-6,8-9H,2,7H2,1H3. The van der Waals surface area contributed by atoms with Crippen molar-refractivity contribution >= 4 is 33.2 Å². The monoisotopic (exact) mass is 304 g/mol. The maximum atomic E-state index is 12.5. The highest BCUT2D eigenvalue weighted by molar-refractivity contribution is 7.17. The van der Waals surface area contributed by atoms with Crippen LogP contribution in [0.15, 0.2) is 40.8 Å². The first-order valence-electron chi connectivity index (χ1n) is 6.43. The normalized spacial score (nSPS) is 11.1. The molecule has 0 spiro atoms. The van der Waals surface area contributed by atoms with E-state index in [0.717, 1.165) is 22.4 Å². The van der Waals surface area contributed by atoms with Crippen molar-refractivity contribution in [2.75, 3.05) is 0 Å². The summed E-state index contributed by atoms with van der Waals surface area (Å²) in [6.45, 7) is 2.74. The summed E-state index contributed by atoms with van der Waals surface area (Å²) in [5.41, 5.74) is 1.96. The molecule has 0 amide bonds. The Morgan fingerprint density at radius 3 is 2.75 bits per heavy atom. The molecule has 2 heterocycles. The molecule has 5 heteroatoms. The zero-order chi connectivity index (χ0) is 14.1. The van der Waals surface area contributed by atoms with Crippen LogP contribution < -0.4 is 5.56 Å². The SMILES string of the molecule is CCCn1cnc2scc(-c3ccc(Cl)cc3)c2c1=O. The topological polar surface area (TPSA) is 34.9 Å². The molecule has 0 atom stereocenters. The lowest BCUT2D eigenvalue weighted by molar-refractivity contribution is 0.648. The van der Waals surface area contributed by atoms with E-state index < -0.39 is 0 Å². The molecule has 0 saturated carbocycles. The Balaban J connectivity index is 2.24. The summed E-state index contributed by atoms with van der Waals surface area (Å²) in [7, 11) is 0. The van der Waals surface area contributed by atoms with Crippen LogP contribution in [0.25, 0.3) is 21.3 Å². The Labute approximate surface area is 125 Å². The number of hydrogen-bond acceptors (Lipinski definition) is 3. The fourth-order valence-electron chi connectivity index (χ4n) is 2.21. The van der Waals surface area contributed by atoms with Gasteiger partial charge in [-0.1, -0.05) is 30.7 Å². The molecular formula is C15H13ClN2OS. The van der Waals surface area contributed by atoms with Crippen molar-refractivity contribution in [2.24, 2.45) is 0 Å². The highest BCUT2D eigenvalue weighted by atomic mass is 35.5. The molecule has 0 N–H and O–H groups in total. The number of rotatable bonds is 3. The zero-order valence-corrected chi connectivity index (χ0v) is 12.5. The van der Waals surface area contributed by atoms with Gasteiger partial charge in [-0.3, -0.25) is 9.36 Å². The molecule has 102 valence electrons. The first kappa shape index (κ1) is 13.3. The molecule has 3 aromatic rings. The second kappa shape index (κ2) is 5.38. The zero-order valence-electron chi connectivity index (χ0n) is 11.0. The van der Waals surface area contributed by atoms with E-state index in [1.807, 2.05) is 36.6 Å². The van der Waals surface area contributed by atoms with Crippen LogP contribution in [0.1, 0.15) is 13.3 Å². The summed E-state index contributed by atoms with van der Waals surface area (Å²) in [4.78, 5) is 17.7. The van der Waals surface area contributed by atoms with E-state index in [1.54, 1.807) is 10.9 Å². The molecule has 1 aromatic carbocycles. The number of thiophene rings is 1. The van der Waals surface area contributed by atoms with Gasteiger partial charge in [0, 0.05) is 22.5 Å². The van der Waals surface area contributed by atoms with Crippen LogP contribution in [0, 0.1) is 0 Å². The van der Waals surface area contributed by atoms with Gasteiger partial charge in [-0.25, -0.2) is 4.98 Å². The van der Waals surface area contributed by atoms with Gasteiger partial charge in [0.25, 0.3) is 5.56 Å². The Morgan fingerprint density at radius 2 is 2.05 bits per heavy atom. The van der Waals surface area contributed by atoms with Crippen LogP contribution in [0.4, 0.5) is 0 Å². The van der Waals surface area contributed by atoms with E-state index in [1.165, 1.54) is 11.3 Å². The minimum absolute atomic E-state index is 0.0306. The van der Waals surface area contributed by atoms with E-state index in [0.29, 0.717) is 17.0 Å². The quantitative estimate of drug-likeness (QED) is 0.727. The molecule has 0 radical (unpaired) electrons. The lowest BCUT2D eigenvalue weighted by Crippen LogP contribution is -2.20. The van der Waals surface area contributed by atoms with Crippen LogP contribution in [0.3, 0.4) is 0 Å². The van der Waals surface area contributed by atoms with E-state index in [-0.39, 0.29) is 5.56 Å². The average molecular weight is 305 g/mol. The van der Waals surface area contributed by atoms with Crippen molar-refractivity contribution in [3.05, 3.63) is 51.3 Å². The summed E-state index contributed by atoms with van der Waals surface area (Å²) in [6.07, 6.45) is 2.55. The van der Waals surface area contributed by atoms with E-state index in [4.69, 9.17) is 11.6 Å². The Hall–Kier alpha value is -1.65. The Bertz CT molecular complexity index is 805. The third kappa shape index (κ3) is 2.25. The van der Waals surface area contributed by atoms with E-state index in [9.17, 15) is 4.79 Å². The van der Waals surface area contributed by atoms with Gasteiger partial charge < -0.3 is 0 Å². The molecule has 0 aliphatic heterocycles. The molecule has 0 aliphatic carbocycles. The van der Waals surface area contributed by atoms with Crippen molar-refractivity contribution in [3.63, 3.8) is 0 Å². The molecule has 0 aliphatic rings. The summed E-state index contributed by atoms with van der Waals surface area (Å²) < 4.78 is 1.68. The lowest BCUT2D eigenvalue weighted by Gasteiger charge is -2.04. The predicted octanol–water partition coefficient (Wildman–Crippen LogP) is 4.19. The predicted molar refractivity (Wildman–Crippen MR) is 84.6 cm³/mol. The number of fused-ring (bicyclic) bond motifs is 1. The van der Waals surface area contributed by atoms with Gasteiger partial charge in [-0.15, -0.1) is 11.3 Å².